The van der Waals surface area contributed by atoms with Gasteiger partial charge in [0.15, 0.2) is 0 Å². The van der Waals surface area contributed by atoms with Gasteiger partial charge in [-0.25, -0.2) is 0 Å². The minimum Gasteiger partial charge on any atom is -0.401 e. The van der Waals surface area contributed by atoms with Crippen molar-refractivity contribution < 1.29 is 4.79 Å². The summed E-state index contributed by atoms with van der Waals surface area (Å²) in [6.07, 6.45) is 1.54. The maximum atomic E-state index is 11.0. The summed E-state index contributed by atoms with van der Waals surface area (Å²) in [5.74, 6) is 0.388. The molecule has 0 atom stereocenters. The topological polar surface area (TPSA) is 66.9 Å². The van der Waals surface area contributed by atoms with E-state index in [0.29, 0.717) is 30.7 Å². The van der Waals surface area contributed by atoms with Gasteiger partial charge in [0.05, 0.1) is 0 Å². The van der Waals surface area contributed by atoms with Gasteiger partial charge in [0.2, 0.25) is 0 Å². The Bertz CT molecular complexity index is 277. The average Bonchev–Trinajstić information content (AvgIpc) is 2.03. The number of ketones is 1. The first-order valence-electron chi connectivity index (χ1n) is 4.60. The first kappa shape index (κ1) is 9.96. The van der Waals surface area contributed by atoms with E-state index in [1.807, 2.05) is 13.8 Å². The lowest BCUT2D eigenvalue weighted by molar-refractivity contribution is -0.118. The fourth-order valence-corrected chi connectivity index (χ4v) is 1.49. The van der Waals surface area contributed by atoms with E-state index >= 15 is 0 Å². The van der Waals surface area contributed by atoms with Crippen LogP contribution >= 0.6 is 0 Å². The normalized spacial score (nSPS) is 18.2. The molecule has 1 rings (SSSR count). The van der Waals surface area contributed by atoms with Gasteiger partial charge in [0.25, 0.3) is 0 Å². The van der Waals surface area contributed by atoms with Crippen molar-refractivity contribution in [2.75, 3.05) is 0 Å². The minimum atomic E-state index is 0.192. The molecule has 3 heteroatoms. The Morgan fingerprint density at radius 3 is 2.54 bits per heavy atom. The molecule has 13 heavy (non-hydrogen) atoms. The zero-order valence-electron chi connectivity index (χ0n) is 8.18. The van der Waals surface area contributed by atoms with Crippen molar-refractivity contribution in [1.29, 1.82) is 5.41 Å². The molecule has 0 amide bonds. The predicted octanol–water partition coefficient (Wildman–Crippen LogP) is 1.63. The molecule has 72 valence electrons. The van der Waals surface area contributed by atoms with E-state index in [4.69, 9.17) is 11.1 Å². The Hall–Kier alpha value is -1.12. The van der Waals surface area contributed by atoms with Crippen LogP contribution < -0.4 is 5.73 Å². The van der Waals surface area contributed by atoms with E-state index in [1.54, 1.807) is 0 Å². The molecule has 0 radical (unpaired) electrons. The van der Waals surface area contributed by atoms with E-state index in [9.17, 15) is 4.79 Å². The number of carbonyl (C=O) groups is 1. The van der Waals surface area contributed by atoms with Gasteiger partial charge in [-0.2, -0.15) is 0 Å². The van der Waals surface area contributed by atoms with Crippen molar-refractivity contribution in [3.05, 3.63) is 11.3 Å². The van der Waals surface area contributed by atoms with Crippen molar-refractivity contribution >= 4 is 11.5 Å². The molecule has 0 heterocycles. The molecule has 0 saturated heterocycles. The second-order valence-corrected chi connectivity index (χ2v) is 3.79. The van der Waals surface area contributed by atoms with Crippen LogP contribution in [0, 0.1) is 11.3 Å². The molecule has 0 aromatic carbocycles. The van der Waals surface area contributed by atoms with Crippen LogP contribution in [0.25, 0.3) is 0 Å². The van der Waals surface area contributed by atoms with Crippen LogP contribution in [0.4, 0.5) is 0 Å². The third kappa shape index (κ3) is 2.17. The van der Waals surface area contributed by atoms with Gasteiger partial charge >= 0.3 is 0 Å². The number of rotatable bonds is 2. The Morgan fingerprint density at radius 2 is 2.08 bits per heavy atom. The lowest BCUT2D eigenvalue weighted by atomic mass is 9.88. The lowest BCUT2D eigenvalue weighted by Crippen LogP contribution is -2.22. The molecular formula is C10H16N2O. The number of Topliss-reactive ketones (excluding diaryl/α,β-unsaturated/α-hetero) is 1. The Labute approximate surface area is 78.5 Å². The molecule has 3 N–H and O–H groups in total. The van der Waals surface area contributed by atoms with Gasteiger partial charge < -0.3 is 11.1 Å². The van der Waals surface area contributed by atoms with E-state index in [1.165, 1.54) is 0 Å². The summed E-state index contributed by atoms with van der Waals surface area (Å²) in [7, 11) is 0. The molecule has 3 nitrogen and oxygen atoms in total. The molecule has 0 bridgehead atoms. The zero-order valence-corrected chi connectivity index (χ0v) is 8.18. The average molecular weight is 180 g/mol. The maximum absolute atomic E-state index is 11.0. The van der Waals surface area contributed by atoms with Gasteiger partial charge in [-0.1, -0.05) is 13.8 Å². The number of allylic oxidation sites excluding steroid dienone is 2. The third-order valence-corrected chi connectivity index (χ3v) is 2.33. The summed E-state index contributed by atoms with van der Waals surface area (Å²) in [4.78, 5) is 11.0. The van der Waals surface area contributed by atoms with Gasteiger partial charge in [-0.15, -0.1) is 0 Å². The first-order chi connectivity index (χ1) is 6.02. The second kappa shape index (κ2) is 3.73. The number of hydrogen-bond donors (Lipinski definition) is 2. The molecule has 0 unspecified atom stereocenters. The number of hydrogen-bond acceptors (Lipinski definition) is 3. The van der Waals surface area contributed by atoms with Crippen molar-refractivity contribution in [2.45, 2.75) is 33.1 Å². The van der Waals surface area contributed by atoms with Gasteiger partial charge in [-0.3, -0.25) is 4.79 Å². The highest BCUT2D eigenvalue weighted by Crippen LogP contribution is 2.22. The number of carbonyl (C=O) groups excluding carboxylic acids is 1. The molecule has 0 aromatic heterocycles. The summed E-state index contributed by atoms with van der Waals surface area (Å²) in [5.41, 5.74) is 7.82. The number of nitrogens with one attached hydrogen (secondary N) is 1. The summed E-state index contributed by atoms with van der Waals surface area (Å²) in [6.45, 7) is 3.94. The van der Waals surface area contributed by atoms with Crippen LogP contribution in [-0.2, 0) is 4.79 Å². The molecule has 0 saturated carbocycles. The fraction of sp³-hybridized carbons (Fsp3) is 0.600. The zero-order chi connectivity index (χ0) is 10.0. The summed E-state index contributed by atoms with van der Waals surface area (Å²) in [5, 5.41) is 7.78. The van der Waals surface area contributed by atoms with Crippen LogP contribution in [0.1, 0.15) is 33.1 Å². The Morgan fingerprint density at radius 1 is 1.46 bits per heavy atom. The highest BCUT2D eigenvalue weighted by Gasteiger charge is 2.20. The Balaban J connectivity index is 2.85. The molecule has 0 fully saturated rings. The van der Waals surface area contributed by atoms with Crippen LogP contribution in [0.3, 0.4) is 0 Å². The quantitative estimate of drug-likeness (QED) is 0.634. The standard InChI is InChI=1S/C10H16N2O/c1-6(2)10(12)8-4-3-7(13)5-9(8)11/h6,12H,3-5,11H2,1-2H3. The van der Waals surface area contributed by atoms with E-state index in [2.05, 4.69) is 0 Å². The molecule has 1 aliphatic carbocycles. The van der Waals surface area contributed by atoms with E-state index in [-0.39, 0.29) is 11.7 Å². The molecule has 0 spiro atoms. The monoisotopic (exact) mass is 180 g/mol. The highest BCUT2D eigenvalue weighted by atomic mass is 16.1. The van der Waals surface area contributed by atoms with Crippen LogP contribution in [0.5, 0.6) is 0 Å². The van der Waals surface area contributed by atoms with Crippen molar-refractivity contribution in [1.82, 2.24) is 0 Å². The van der Waals surface area contributed by atoms with Crippen LogP contribution in [-0.4, -0.2) is 11.5 Å². The van der Waals surface area contributed by atoms with Crippen LogP contribution in [0.2, 0.25) is 0 Å². The van der Waals surface area contributed by atoms with Crippen molar-refractivity contribution in [3.8, 4) is 0 Å². The summed E-state index contributed by atoms with van der Waals surface area (Å²) in [6, 6.07) is 0. The molecule has 0 aliphatic heterocycles. The fourth-order valence-electron chi connectivity index (χ4n) is 1.49. The largest absolute Gasteiger partial charge is 0.401 e. The highest BCUT2D eigenvalue weighted by molar-refractivity contribution is 6.02. The van der Waals surface area contributed by atoms with Crippen LogP contribution in [0.15, 0.2) is 11.3 Å². The molecular weight excluding hydrogens is 164 g/mol. The van der Waals surface area contributed by atoms with Crippen molar-refractivity contribution in [2.24, 2.45) is 11.7 Å². The lowest BCUT2D eigenvalue weighted by Gasteiger charge is -2.19. The smallest absolute Gasteiger partial charge is 0.139 e. The SMILES string of the molecule is CC(C)C(=N)C1=C(N)CC(=O)CC1. The maximum Gasteiger partial charge on any atom is 0.139 e. The first-order valence-corrected chi connectivity index (χ1v) is 4.60. The summed E-state index contributed by atoms with van der Waals surface area (Å²) >= 11 is 0. The number of nitrogens with two attached hydrogens (primary N) is 1. The third-order valence-electron chi connectivity index (χ3n) is 2.33. The van der Waals surface area contributed by atoms with Gasteiger partial charge in [0, 0.05) is 24.3 Å². The van der Waals surface area contributed by atoms with E-state index < -0.39 is 0 Å². The summed E-state index contributed by atoms with van der Waals surface area (Å²) < 4.78 is 0. The van der Waals surface area contributed by atoms with Gasteiger partial charge in [-0.05, 0) is 17.9 Å². The van der Waals surface area contributed by atoms with E-state index in [0.717, 1.165) is 5.57 Å². The van der Waals surface area contributed by atoms with Crippen molar-refractivity contribution in [3.63, 3.8) is 0 Å². The molecule has 1 aliphatic rings. The predicted molar refractivity (Wildman–Crippen MR) is 52.6 cm³/mol. The Kier molecular flexibility index (Phi) is 2.86. The minimum absolute atomic E-state index is 0.192. The van der Waals surface area contributed by atoms with Gasteiger partial charge in [0.1, 0.15) is 5.78 Å². The second-order valence-electron chi connectivity index (χ2n) is 3.79. The molecule has 0 aromatic rings.